The van der Waals surface area contributed by atoms with E-state index in [1.807, 2.05) is 32.0 Å². The Morgan fingerprint density at radius 2 is 1.76 bits per heavy atom. The normalized spacial score (nSPS) is 14.6. The number of fused-ring (bicyclic) bond motifs is 1. The Bertz CT molecular complexity index is 1340. The summed E-state index contributed by atoms with van der Waals surface area (Å²) in [5.41, 5.74) is 9.40. The Balaban J connectivity index is 1.54. The number of benzene rings is 3. The molecule has 0 spiro atoms. The molecule has 0 bridgehead atoms. The molecule has 0 saturated heterocycles. The standard InChI is InChI=1S/C26H20Cl2N2O4/c1-14-9-17(10-15(2)25(14)28)32-13-23(31)33-16-7-8-19-22(11-16)34-26(30)20(12-29)24(19)18-5-3-4-6-21(18)27/h3-11,24H,13,30H2,1-2H3. The molecule has 8 heteroatoms. The van der Waals surface area contributed by atoms with E-state index in [4.69, 9.17) is 43.1 Å². The van der Waals surface area contributed by atoms with Gasteiger partial charge < -0.3 is 19.9 Å². The van der Waals surface area contributed by atoms with Crippen molar-refractivity contribution in [3.63, 3.8) is 0 Å². The maximum Gasteiger partial charge on any atom is 0.349 e. The van der Waals surface area contributed by atoms with Gasteiger partial charge in [0.2, 0.25) is 5.88 Å². The van der Waals surface area contributed by atoms with Gasteiger partial charge >= 0.3 is 5.97 Å². The lowest BCUT2D eigenvalue weighted by molar-refractivity contribution is -0.136. The van der Waals surface area contributed by atoms with Crippen LogP contribution in [0.15, 0.2) is 66.1 Å². The number of hydrogen-bond donors (Lipinski definition) is 1. The Morgan fingerprint density at radius 3 is 2.44 bits per heavy atom. The molecule has 0 aliphatic carbocycles. The van der Waals surface area contributed by atoms with Gasteiger partial charge in [-0.2, -0.15) is 5.26 Å². The first-order valence-electron chi connectivity index (χ1n) is 10.3. The zero-order valence-electron chi connectivity index (χ0n) is 18.4. The highest BCUT2D eigenvalue weighted by Gasteiger charge is 2.32. The summed E-state index contributed by atoms with van der Waals surface area (Å²) in [7, 11) is 0. The highest BCUT2D eigenvalue weighted by molar-refractivity contribution is 6.32. The van der Waals surface area contributed by atoms with Gasteiger partial charge in [-0.15, -0.1) is 0 Å². The van der Waals surface area contributed by atoms with Gasteiger partial charge in [0.1, 0.15) is 28.9 Å². The fourth-order valence-corrected chi connectivity index (χ4v) is 4.17. The Hall–Kier alpha value is -3.66. The number of carbonyl (C=O) groups is 1. The van der Waals surface area contributed by atoms with Gasteiger partial charge in [0.25, 0.3) is 0 Å². The number of allylic oxidation sites excluding steroid dienone is 1. The minimum Gasteiger partial charge on any atom is -0.482 e. The molecular weight excluding hydrogens is 475 g/mol. The van der Waals surface area contributed by atoms with Crippen LogP contribution in [0.3, 0.4) is 0 Å². The molecule has 1 unspecified atom stereocenters. The van der Waals surface area contributed by atoms with Crippen molar-refractivity contribution >= 4 is 29.2 Å². The molecule has 3 aromatic rings. The van der Waals surface area contributed by atoms with Crippen LogP contribution in [-0.2, 0) is 4.79 Å². The molecule has 6 nitrogen and oxygen atoms in total. The summed E-state index contributed by atoms with van der Waals surface area (Å²) < 4.78 is 16.7. The summed E-state index contributed by atoms with van der Waals surface area (Å²) in [5, 5.41) is 10.8. The summed E-state index contributed by atoms with van der Waals surface area (Å²) in [6.07, 6.45) is 0. The van der Waals surface area contributed by atoms with Crippen molar-refractivity contribution in [2.45, 2.75) is 19.8 Å². The predicted molar refractivity (Wildman–Crippen MR) is 129 cm³/mol. The molecule has 1 aliphatic heterocycles. The highest BCUT2D eigenvalue weighted by Crippen LogP contribution is 2.45. The maximum atomic E-state index is 12.4. The second-order valence-electron chi connectivity index (χ2n) is 7.78. The minimum atomic E-state index is -0.593. The number of rotatable bonds is 5. The highest BCUT2D eigenvalue weighted by atomic mass is 35.5. The average Bonchev–Trinajstić information content (AvgIpc) is 2.80. The summed E-state index contributed by atoms with van der Waals surface area (Å²) in [5.74, 6) is 0.0187. The van der Waals surface area contributed by atoms with Gasteiger partial charge in [0, 0.05) is 21.7 Å². The van der Waals surface area contributed by atoms with Crippen LogP contribution in [0.2, 0.25) is 10.0 Å². The summed E-state index contributed by atoms with van der Waals surface area (Å²) in [4.78, 5) is 12.4. The molecule has 0 aromatic heterocycles. The number of carbonyl (C=O) groups excluding carboxylic acids is 1. The van der Waals surface area contributed by atoms with Gasteiger partial charge in [0.15, 0.2) is 6.61 Å². The van der Waals surface area contributed by atoms with Crippen molar-refractivity contribution < 1.29 is 19.0 Å². The van der Waals surface area contributed by atoms with E-state index in [0.29, 0.717) is 27.1 Å². The molecule has 0 fully saturated rings. The number of nitrogens with zero attached hydrogens (tertiary/aromatic N) is 1. The number of hydrogen-bond acceptors (Lipinski definition) is 6. The van der Waals surface area contributed by atoms with Crippen molar-refractivity contribution in [1.29, 1.82) is 5.26 Å². The molecule has 0 amide bonds. The van der Waals surface area contributed by atoms with Crippen molar-refractivity contribution in [3.05, 3.63) is 98.4 Å². The fraction of sp³-hybridized carbons (Fsp3) is 0.154. The third-order valence-electron chi connectivity index (χ3n) is 5.41. The molecule has 0 radical (unpaired) electrons. The molecule has 2 N–H and O–H groups in total. The van der Waals surface area contributed by atoms with E-state index < -0.39 is 11.9 Å². The Labute approximate surface area is 207 Å². The van der Waals surface area contributed by atoms with Crippen LogP contribution in [-0.4, -0.2) is 12.6 Å². The van der Waals surface area contributed by atoms with E-state index in [1.54, 1.807) is 36.4 Å². The third kappa shape index (κ3) is 4.67. The first kappa shape index (κ1) is 23.5. The fourth-order valence-electron chi connectivity index (χ4n) is 3.82. The van der Waals surface area contributed by atoms with E-state index >= 15 is 0 Å². The van der Waals surface area contributed by atoms with Crippen LogP contribution >= 0.6 is 23.2 Å². The molecule has 34 heavy (non-hydrogen) atoms. The van der Waals surface area contributed by atoms with Gasteiger partial charge in [-0.25, -0.2) is 4.79 Å². The van der Waals surface area contributed by atoms with E-state index in [0.717, 1.165) is 16.7 Å². The molecular formula is C26H20Cl2N2O4. The van der Waals surface area contributed by atoms with Crippen molar-refractivity contribution in [2.24, 2.45) is 5.73 Å². The molecule has 0 saturated carbocycles. The Morgan fingerprint density at radius 1 is 1.06 bits per heavy atom. The lowest BCUT2D eigenvalue weighted by Crippen LogP contribution is -2.22. The number of aryl methyl sites for hydroxylation is 2. The predicted octanol–water partition coefficient (Wildman–Crippen LogP) is 5.81. The minimum absolute atomic E-state index is 0.0276. The van der Waals surface area contributed by atoms with E-state index in [1.165, 1.54) is 0 Å². The van der Waals surface area contributed by atoms with E-state index in [-0.39, 0.29) is 23.8 Å². The number of nitriles is 1. The van der Waals surface area contributed by atoms with Gasteiger partial charge in [-0.1, -0.05) is 47.5 Å². The smallest absolute Gasteiger partial charge is 0.349 e. The van der Waals surface area contributed by atoms with Crippen LogP contribution in [0.25, 0.3) is 0 Å². The van der Waals surface area contributed by atoms with Crippen molar-refractivity contribution in [1.82, 2.24) is 0 Å². The van der Waals surface area contributed by atoms with Gasteiger partial charge in [-0.3, -0.25) is 0 Å². The molecule has 172 valence electrons. The van der Waals surface area contributed by atoms with Crippen molar-refractivity contribution in [3.8, 4) is 23.3 Å². The summed E-state index contributed by atoms with van der Waals surface area (Å²) in [6.45, 7) is 3.43. The van der Waals surface area contributed by atoms with Crippen LogP contribution in [0, 0.1) is 25.2 Å². The maximum absolute atomic E-state index is 12.4. The largest absolute Gasteiger partial charge is 0.482 e. The van der Waals surface area contributed by atoms with Gasteiger partial charge in [-0.05, 0) is 54.8 Å². The van der Waals surface area contributed by atoms with Crippen LogP contribution in [0.1, 0.15) is 28.2 Å². The topological polar surface area (TPSA) is 94.6 Å². The van der Waals surface area contributed by atoms with Crippen LogP contribution in [0.4, 0.5) is 0 Å². The van der Waals surface area contributed by atoms with E-state index in [9.17, 15) is 10.1 Å². The first-order chi connectivity index (χ1) is 16.3. The summed E-state index contributed by atoms with van der Waals surface area (Å²) in [6, 6.07) is 17.8. The van der Waals surface area contributed by atoms with Crippen LogP contribution in [0.5, 0.6) is 17.2 Å². The number of halogens is 2. The third-order valence-corrected chi connectivity index (χ3v) is 6.35. The Kier molecular flexibility index (Phi) is 6.69. The molecule has 1 heterocycles. The molecule has 3 aromatic carbocycles. The monoisotopic (exact) mass is 494 g/mol. The second-order valence-corrected chi connectivity index (χ2v) is 8.56. The molecule has 1 atom stereocenters. The van der Waals surface area contributed by atoms with Crippen molar-refractivity contribution in [2.75, 3.05) is 6.61 Å². The number of esters is 1. The lowest BCUT2D eigenvalue weighted by Gasteiger charge is -2.27. The molecule has 4 rings (SSSR count). The number of nitrogens with two attached hydrogens (primary N) is 1. The SMILES string of the molecule is Cc1cc(OCC(=O)Oc2ccc3c(c2)OC(N)=C(C#N)C3c2ccccc2Cl)cc(C)c1Cl. The zero-order valence-corrected chi connectivity index (χ0v) is 19.9. The average molecular weight is 495 g/mol. The van der Waals surface area contributed by atoms with Gasteiger partial charge in [0.05, 0.1) is 5.92 Å². The quantitative estimate of drug-likeness (QED) is 0.355. The number of ether oxygens (including phenoxy) is 3. The summed E-state index contributed by atoms with van der Waals surface area (Å²) >= 11 is 12.6. The van der Waals surface area contributed by atoms with Crippen LogP contribution < -0.4 is 19.9 Å². The second kappa shape index (κ2) is 9.68. The molecule has 1 aliphatic rings. The lowest BCUT2D eigenvalue weighted by atomic mass is 9.83. The first-order valence-corrected chi connectivity index (χ1v) is 11.1. The zero-order chi connectivity index (χ0) is 24.4. The van der Waals surface area contributed by atoms with E-state index in [2.05, 4.69) is 6.07 Å².